The molecular formula is C22H25BrN4O7. The summed E-state index contributed by atoms with van der Waals surface area (Å²) in [4.78, 5) is 75.1. The highest BCUT2D eigenvalue weighted by Crippen LogP contribution is 2.25. The number of Topliss-reactive ketones (excluding diaryl/α,β-unsaturated/α-hetero) is 1. The maximum absolute atomic E-state index is 13.4. The number of benzene rings is 1. The van der Waals surface area contributed by atoms with Crippen LogP contribution < -0.4 is 10.6 Å². The average molecular weight is 537 g/mol. The number of ketones is 1. The van der Waals surface area contributed by atoms with Crippen LogP contribution in [0.15, 0.2) is 30.3 Å². The standard InChI is InChI=1S/C22H25BrN4O7/c23-12-17(28)15(11-19(30)31)25-21(33)16-7-4-10-26-18(29)9-8-14(22(34)27(16)26)24-20(32)13-5-2-1-3-6-13/h1-3,5-6,14-16H,4,7-12H2,(H,24,32)(H,25,33)(H,30,31). The molecule has 2 aliphatic heterocycles. The minimum atomic E-state index is -1.29. The first-order valence-electron chi connectivity index (χ1n) is 10.8. The molecule has 3 rings (SSSR count). The zero-order valence-electron chi connectivity index (χ0n) is 18.2. The molecule has 34 heavy (non-hydrogen) atoms. The molecule has 1 aromatic rings. The number of hydrazine groups is 1. The molecule has 0 saturated carbocycles. The Labute approximate surface area is 203 Å². The Morgan fingerprint density at radius 3 is 2.47 bits per heavy atom. The van der Waals surface area contributed by atoms with Crippen molar-refractivity contribution in [2.75, 3.05) is 11.9 Å². The molecule has 1 aromatic carbocycles. The Morgan fingerprint density at radius 1 is 1.12 bits per heavy atom. The van der Waals surface area contributed by atoms with Gasteiger partial charge in [-0.2, -0.15) is 0 Å². The highest BCUT2D eigenvalue weighted by molar-refractivity contribution is 9.09. The number of carbonyl (C=O) groups excluding carboxylic acids is 5. The van der Waals surface area contributed by atoms with E-state index in [-0.39, 0.29) is 37.0 Å². The van der Waals surface area contributed by atoms with E-state index >= 15 is 0 Å². The third-order valence-electron chi connectivity index (χ3n) is 5.72. The zero-order chi connectivity index (χ0) is 24.8. The summed E-state index contributed by atoms with van der Waals surface area (Å²) in [6.45, 7) is 0.229. The van der Waals surface area contributed by atoms with Crippen LogP contribution in [0.1, 0.15) is 42.5 Å². The number of nitrogens with one attached hydrogen (secondary N) is 2. The van der Waals surface area contributed by atoms with Gasteiger partial charge in [-0.25, -0.2) is 5.01 Å². The summed E-state index contributed by atoms with van der Waals surface area (Å²) < 4.78 is 0. The lowest BCUT2D eigenvalue weighted by Gasteiger charge is -2.43. The smallest absolute Gasteiger partial charge is 0.305 e. The SMILES string of the molecule is O=C(O)CC(NC(=O)C1CCCN2C(=O)CCC(NC(=O)c3ccccc3)C(=O)N12)C(=O)CBr. The topological polar surface area (TPSA) is 153 Å². The van der Waals surface area contributed by atoms with E-state index < -0.39 is 54.0 Å². The Kier molecular flexibility index (Phi) is 8.37. The van der Waals surface area contributed by atoms with Gasteiger partial charge in [0.25, 0.3) is 11.8 Å². The molecule has 4 amide bonds. The Balaban J connectivity index is 1.82. The fourth-order valence-corrected chi connectivity index (χ4v) is 4.41. The van der Waals surface area contributed by atoms with E-state index in [1.165, 1.54) is 5.01 Å². The molecule has 3 N–H and O–H groups in total. The maximum Gasteiger partial charge on any atom is 0.305 e. The molecule has 0 spiro atoms. The molecule has 12 heteroatoms. The Bertz CT molecular complexity index is 987. The van der Waals surface area contributed by atoms with E-state index in [1.807, 2.05) is 0 Å². The van der Waals surface area contributed by atoms with Crippen molar-refractivity contribution in [2.24, 2.45) is 0 Å². The second-order valence-electron chi connectivity index (χ2n) is 8.05. The van der Waals surface area contributed by atoms with Crippen LogP contribution in [0, 0.1) is 0 Å². The lowest BCUT2D eigenvalue weighted by atomic mass is 10.0. The van der Waals surface area contributed by atoms with Gasteiger partial charge >= 0.3 is 5.97 Å². The van der Waals surface area contributed by atoms with Crippen molar-refractivity contribution in [3.05, 3.63) is 35.9 Å². The van der Waals surface area contributed by atoms with Gasteiger partial charge < -0.3 is 15.7 Å². The Hall–Kier alpha value is -3.28. The van der Waals surface area contributed by atoms with Crippen LogP contribution in [-0.4, -0.2) is 80.5 Å². The minimum absolute atomic E-state index is 0.0000271. The second-order valence-corrected chi connectivity index (χ2v) is 8.61. The summed E-state index contributed by atoms with van der Waals surface area (Å²) in [7, 11) is 0. The lowest BCUT2D eigenvalue weighted by Crippen LogP contribution is -2.64. The second kappa shape index (κ2) is 11.2. The summed E-state index contributed by atoms with van der Waals surface area (Å²) in [5.41, 5.74) is 0.348. The van der Waals surface area contributed by atoms with Gasteiger partial charge in [0.1, 0.15) is 12.1 Å². The van der Waals surface area contributed by atoms with Gasteiger partial charge in [0.15, 0.2) is 5.78 Å². The molecule has 0 radical (unpaired) electrons. The van der Waals surface area contributed by atoms with E-state index in [0.717, 1.165) is 5.01 Å². The largest absolute Gasteiger partial charge is 0.481 e. The molecular weight excluding hydrogens is 512 g/mol. The van der Waals surface area contributed by atoms with E-state index in [9.17, 15) is 28.8 Å². The van der Waals surface area contributed by atoms with Crippen LogP contribution >= 0.6 is 15.9 Å². The molecule has 3 atom stereocenters. The molecule has 2 fully saturated rings. The van der Waals surface area contributed by atoms with Crippen LogP contribution in [0.3, 0.4) is 0 Å². The number of hydrogen-bond acceptors (Lipinski definition) is 6. The molecule has 0 bridgehead atoms. The van der Waals surface area contributed by atoms with E-state index in [1.54, 1.807) is 30.3 Å². The molecule has 2 heterocycles. The van der Waals surface area contributed by atoms with Gasteiger partial charge in [-0.1, -0.05) is 34.1 Å². The van der Waals surface area contributed by atoms with E-state index in [2.05, 4.69) is 26.6 Å². The molecule has 11 nitrogen and oxygen atoms in total. The van der Waals surface area contributed by atoms with E-state index in [0.29, 0.717) is 12.0 Å². The first-order chi connectivity index (χ1) is 16.2. The lowest BCUT2D eigenvalue weighted by molar-refractivity contribution is -0.176. The first-order valence-corrected chi connectivity index (χ1v) is 11.9. The number of hydrogen-bond donors (Lipinski definition) is 3. The maximum atomic E-state index is 13.4. The van der Waals surface area contributed by atoms with Gasteiger partial charge in [-0.15, -0.1) is 0 Å². The van der Waals surface area contributed by atoms with Crippen molar-refractivity contribution in [3.8, 4) is 0 Å². The third kappa shape index (κ3) is 5.79. The van der Waals surface area contributed by atoms with Crippen molar-refractivity contribution in [1.82, 2.24) is 20.7 Å². The quantitative estimate of drug-likeness (QED) is 0.402. The van der Waals surface area contributed by atoms with Gasteiger partial charge in [0.2, 0.25) is 11.8 Å². The first kappa shape index (κ1) is 25.3. The van der Waals surface area contributed by atoms with Crippen molar-refractivity contribution in [3.63, 3.8) is 0 Å². The van der Waals surface area contributed by atoms with Crippen LogP contribution in [0.4, 0.5) is 0 Å². The molecule has 3 unspecified atom stereocenters. The van der Waals surface area contributed by atoms with Gasteiger partial charge in [-0.05, 0) is 31.4 Å². The van der Waals surface area contributed by atoms with Crippen LogP contribution in [0.25, 0.3) is 0 Å². The van der Waals surface area contributed by atoms with Crippen LogP contribution in [0.2, 0.25) is 0 Å². The average Bonchev–Trinajstić information content (AvgIpc) is 2.95. The minimum Gasteiger partial charge on any atom is -0.481 e. The summed E-state index contributed by atoms with van der Waals surface area (Å²) in [5, 5.41) is 16.3. The number of carboxylic acids is 1. The zero-order valence-corrected chi connectivity index (χ0v) is 19.8. The number of rotatable bonds is 8. The van der Waals surface area contributed by atoms with Crippen LogP contribution in [0.5, 0.6) is 0 Å². The molecule has 2 aliphatic rings. The summed E-state index contributed by atoms with van der Waals surface area (Å²) in [5.74, 6) is -3.99. The van der Waals surface area contributed by atoms with Crippen molar-refractivity contribution >= 4 is 51.3 Å². The van der Waals surface area contributed by atoms with Crippen molar-refractivity contribution < 1.29 is 33.9 Å². The fourth-order valence-electron chi connectivity index (χ4n) is 4.02. The summed E-state index contributed by atoms with van der Waals surface area (Å²) in [6.07, 6.45) is 0.101. The number of amides is 4. The molecule has 2 saturated heterocycles. The predicted molar refractivity (Wildman–Crippen MR) is 121 cm³/mol. The van der Waals surface area contributed by atoms with Gasteiger partial charge in [-0.3, -0.25) is 33.8 Å². The Morgan fingerprint density at radius 2 is 1.82 bits per heavy atom. The van der Waals surface area contributed by atoms with Crippen molar-refractivity contribution in [2.45, 2.75) is 50.2 Å². The number of halogens is 1. The van der Waals surface area contributed by atoms with Crippen LogP contribution in [-0.2, 0) is 24.0 Å². The van der Waals surface area contributed by atoms with Gasteiger partial charge in [0, 0.05) is 18.5 Å². The molecule has 182 valence electrons. The van der Waals surface area contributed by atoms with Gasteiger partial charge in [0.05, 0.1) is 17.8 Å². The molecule has 0 aromatic heterocycles. The predicted octanol–water partition coefficient (Wildman–Crippen LogP) is 0.237. The monoisotopic (exact) mass is 536 g/mol. The fraction of sp³-hybridized carbons (Fsp3) is 0.455. The summed E-state index contributed by atoms with van der Waals surface area (Å²) >= 11 is 2.97. The summed E-state index contributed by atoms with van der Waals surface area (Å²) in [6, 6.07) is 4.85. The van der Waals surface area contributed by atoms with E-state index in [4.69, 9.17) is 5.11 Å². The number of fused-ring (bicyclic) bond motifs is 1. The number of carbonyl (C=O) groups is 6. The number of aliphatic carboxylic acids is 1. The number of nitrogens with zero attached hydrogens (tertiary/aromatic N) is 2. The number of carboxylic acid groups (broad SMARTS) is 1. The normalized spacial score (nSPS) is 21.2. The highest BCUT2D eigenvalue weighted by atomic mass is 79.9. The third-order valence-corrected chi connectivity index (χ3v) is 6.27. The molecule has 0 aliphatic carbocycles. The number of alkyl halides is 1. The highest BCUT2D eigenvalue weighted by Gasteiger charge is 2.45. The van der Waals surface area contributed by atoms with Crippen molar-refractivity contribution in [1.29, 1.82) is 0 Å².